The molecular formula is C60H50N3OPt-. The number of phenols is 1. The summed E-state index contributed by atoms with van der Waals surface area (Å²) in [5.41, 5.74) is 17.1. The zero-order valence-electron chi connectivity index (χ0n) is 37.5. The zero-order chi connectivity index (χ0) is 44.2. The van der Waals surface area contributed by atoms with Gasteiger partial charge in [0.1, 0.15) is 5.75 Å². The predicted molar refractivity (Wildman–Crippen MR) is 267 cm³/mol. The molecular weight excluding hydrogens is 974 g/mol. The third-order valence-corrected chi connectivity index (χ3v) is 12.3. The summed E-state index contributed by atoms with van der Waals surface area (Å²) in [6, 6.07) is 67.4. The number of benzene rings is 7. The second-order valence-corrected chi connectivity index (χ2v) is 18.8. The fourth-order valence-electron chi connectivity index (χ4n) is 8.88. The van der Waals surface area contributed by atoms with Gasteiger partial charge in [-0.25, -0.2) is 0 Å². The van der Waals surface area contributed by atoms with E-state index in [1.807, 2.05) is 24.4 Å². The summed E-state index contributed by atoms with van der Waals surface area (Å²) >= 11 is 0. The summed E-state index contributed by atoms with van der Waals surface area (Å²) in [7, 11) is 0. The molecule has 0 radical (unpaired) electrons. The van der Waals surface area contributed by atoms with E-state index in [1.54, 1.807) is 6.07 Å². The summed E-state index contributed by atoms with van der Waals surface area (Å²) in [6.07, 6.45) is 1.92. The molecule has 0 aliphatic carbocycles. The second-order valence-electron chi connectivity index (χ2n) is 18.8. The Balaban J connectivity index is 0.00000533. The normalized spacial score (nSPS) is 11.8. The van der Waals surface area contributed by atoms with E-state index in [0.29, 0.717) is 11.3 Å². The quantitative estimate of drug-likeness (QED) is 0.162. The molecule has 0 aliphatic heterocycles. The van der Waals surface area contributed by atoms with E-state index in [9.17, 15) is 5.11 Å². The Bertz CT molecular complexity index is 3320. The van der Waals surface area contributed by atoms with Gasteiger partial charge >= 0.3 is 0 Å². The topological polar surface area (TPSA) is 50.9 Å². The van der Waals surface area contributed by atoms with Crippen LogP contribution in [0.2, 0.25) is 0 Å². The van der Waals surface area contributed by atoms with Crippen molar-refractivity contribution < 1.29 is 26.2 Å². The van der Waals surface area contributed by atoms with Crippen LogP contribution in [0.1, 0.15) is 52.7 Å². The van der Waals surface area contributed by atoms with E-state index >= 15 is 0 Å². The molecule has 10 aromatic rings. The standard InChI is InChI=1S/C60H50N3O.Pt/c1-59(2,3)45-33-43(34-46(38-45)60(4,5)6)44-36-53(62-54(37-44)51-25-14-16-27-56(51)64)41-21-17-20-40(32-41)52-35-42(30-31-61-52)57-48(39-18-9-7-10-19-39)28-29-50-49-24-13-15-26-55(49)63(58(50)57)47-22-11-8-12-23-47;/h7-31,33-38,64H,1-6H3;/q-1;. The minimum atomic E-state index is -0.0540. The van der Waals surface area contributed by atoms with Gasteiger partial charge in [0.25, 0.3) is 0 Å². The maximum atomic E-state index is 11.1. The summed E-state index contributed by atoms with van der Waals surface area (Å²) in [6.45, 7) is 13.6. The predicted octanol–water partition coefficient (Wildman–Crippen LogP) is 15.7. The van der Waals surface area contributed by atoms with Crippen molar-refractivity contribution in [3.63, 3.8) is 0 Å². The van der Waals surface area contributed by atoms with Gasteiger partial charge in [-0.05, 0) is 92.2 Å². The Morgan fingerprint density at radius 3 is 1.78 bits per heavy atom. The third-order valence-electron chi connectivity index (χ3n) is 12.3. The monoisotopic (exact) mass is 1020 g/mol. The smallest absolute Gasteiger partial charge is 0.124 e. The third kappa shape index (κ3) is 8.36. The molecule has 4 nitrogen and oxygen atoms in total. The SMILES string of the molecule is CC(C)(C)c1cc(-c2cc(-c3[c-]c(-c4cc(-c5c(-c6ccccc6)ccc6c7ccccc7n(-c7ccccc7)c56)ccn4)ccc3)nc(-c3ccccc3O)c2)cc(C(C)(C)C)c1.[Pt]. The molecule has 0 unspecified atom stereocenters. The van der Waals surface area contributed by atoms with Crippen molar-refractivity contribution in [3.8, 4) is 78.6 Å². The maximum absolute atomic E-state index is 11.1. The fraction of sp³-hybridized carbons (Fsp3) is 0.133. The molecule has 0 atom stereocenters. The molecule has 0 aliphatic rings. The molecule has 0 spiro atoms. The fourth-order valence-corrected chi connectivity index (χ4v) is 8.88. The molecule has 5 heteroatoms. The van der Waals surface area contributed by atoms with E-state index in [0.717, 1.165) is 72.6 Å². The Kier molecular flexibility index (Phi) is 11.5. The van der Waals surface area contributed by atoms with Gasteiger partial charge in [0.2, 0.25) is 0 Å². The number of fused-ring (bicyclic) bond motifs is 3. The summed E-state index contributed by atoms with van der Waals surface area (Å²) < 4.78 is 2.40. The van der Waals surface area contributed by atoms with Gasteiger partial charge in [-0.1, -0.05) is 174 Å². The van der Waals surface area contributed by atoms with Gasteiger partial charge in [-0.2, -0.15) is 0 Å². The molecule has 0 saturated heterocycles. The van der Waals surface area contributed by atoms with Crippen LogP contribution in [0.5, 0.6) is 5.75 Å². The van der Waals surface area contributed by atoms with Crippen LogP contribution in [0.4, 0.5) is 0 Å². The summed E-state index contributed by atoms with van der Waals surface area (Å²) in [4.78, 5) is 10.2. The van der Waals surface area contributed by atoms with E-state index in [2.05, 4.69) is 210 Å². The Hall–Kier alpha value is -6.87. The zero-order valence-corrected chi connectivity index (χ0v) is 39.8. The van der Waals surface area contributed by atoms with Crippen molar-refractivity contribution in [1.82, 2.24) is 14.5 Å². The summed E-state index contributed by atoms with van der Waals surface area (Å²) in [5, 5.41) is 13.5. The summed E-state index contributed by atoms with van der Waals surface area (Å²) in [5.74, 6) is 0.187. The van der Waals surface area contributed by atoms with E-state index in [1.165, 1.54) is 21.9 Å². The number of aromatic nitrogens is 3. The van der Waals surface area contributed by atoms with Crippen molar-refractivity contribution in [2.75, 3.05) is 0 Å². The first-order valence-corrected chi connectivity index (χ1v) is 22.0. The maximum Gasteiger partial charge on any atom is 0.124 e. The van der Waals surface area contributed by atoms with Gasteiger partial charge in [-0.3, -0.25) is 9.97 Å². The average molecular weight is 1020 g/mol. The number of nitrogens with zero attached hydrogens (tertiary/aromatic N) is 3. The Morgan fingerprint density at radius 1 is 0.477 bits per heavy atom. The first-order chi connectivity index (χ1) is 30.9. The van der Waals surface area contributed by atoms with Crippen molar-refractivity contribution in [2.45, 2.75) is 52.4 Å². The van der Waals surface area contributed by atoms with Gasteiger partial charge in [-0.15, -0.1) is 24.3 Å². The number of phenolic OH excluding ortho intramolecular Hbond substituents is 1. The molecule has 1 N–H and O–H groups in total. The first kappa shape index (κ1) is 43.4. The number of hydrogen-bond acceptors (Lipinski definition) is 3. The van der Waals surface area contributed by atoms with Gasteiger partial charge in [0.15, 0.2) is 0 Å². The van der Waals surface area contributed by atoms with Crippen LogP contribution < -0.4 is 0 Å². The van der Waals surface area contributed by atoms with Crippen molar-refractivity contribution in [3.05, 3.63) is 205 Å². The molecule has 65 heavy (non-hydrogen) atoms. The first-order valence-electron chi connectivity index (χ1n) is 22.0. The average Bonchev–Trinajstić information content (AvgIpc) is 3.65. The minimum absolute atomic E-state index is 0. The molecule has 3 heterocycles. The van der Waals surface area contributed by atoms with Crippen LogP contribution in [0.15, 0.2) is 188 Å². The number of rotatable bonds is 7. The number of aromatic hydroxyl groups is 1. The van der Waals surface area contributed by atoms with Crippen LogP contribution in [-0.4, -0.2) is 19.6 Å². The van der Waals surface area contributed by atoms with Crippen LogP contribution in [0.3, 0.4) is 0 Å². The Morgan fingerprint density at radius 2 is 1.08 bits per heavy atom. The molecule has 0 bridgehead atoms. The molecule has 0 amide bonds. The van der Waals surface area contributed by atoms with Gasteiger partial charge in [0, 0.05) is 66.2 Å². The van der Waals surface area contributed by atoms with Crippen LogP contribution in [-0.2, 0) is 31.9 Å². The molecule has 10 rings (SSSR count). The van der Waals surface area contributed by atoms with Gasteiger partial charge < -0.3 is 9.67 Å². The molecule has 0 saturated carbocycles. The minimum Gasteiger partial charge on any atom is -0.507 e. The van der Waals surface area contributed by atoms with E-state index < -0.39 is 0 Å². The largest absolute Gasteiger partial charge is 0.507 e. The van der Waals surface area contributed by atoms with Crippen molar-refractivity contribution in [2.24, 2.45) is 0 Å². The van der Waals surface area contributed by atoms with E-state index in [4.69, 9.17) is 9.97 Å². The molecule has 3 aromatic heterocycles. The number of para-hydroxylation sites is 3. The molecule has 322 valence electrons. The number of hydrogen-bond donors (Lipinski definition) is 1. The second kappa shape index (κ2) is 17.3. The van der Waals surface area contributed by atoms with E-state index in [-0.39, 0.29) is 37.6 Å². The van der Waals surface area contributed by atoms with Crippen molar-refractivity contribution in [1.29, 1.82) is 0 Å². The Labute approximate surface area is 396 Å². The number of pyridine rings is 2. The van der Waals surface area contributed by atoms with Crippen LogP contribution in [0, 0.1) is 6.07 Å². The van der Waals surface area contributed by atoms with Crippen molar-refractivity contribution >= 4 is 21.8 Å². The van der Waals surface area contributed by atoms with Crippen LogP contribution >= 0.6 is 0 Å². The van der Waals surface area contributed by atoms with Gasteiger partial charge in [0.05, 0.1) is 16.7 Å². The molecule has 0 fully saturated rings. The molecule has 7 aromatic carbocycles. The van der Waals surface area contributed by atoms with Crippen LogP contribution in [0.25, 0.3) is 94.6 Å².